The van der Waals surface area contributed by atoms with E-state index in [1.54, 1.807) is 6.08 Å². The second-order valence-corrected chi connectivity index (χ2v) is 6.07. The van der Waals surface area contributed by atoms with Gasteiger partial charge in [-0.15, -0.1) is 0 Å². The van der Waals surface area contributed by atoms with E-state index >= 15 is 0 Å². The summed E-state index contributed by atoms with van der Waals surface area (Å²) in [6.07, 6.45) is 7.49. The van der Waals surface area contributed by atoms with Crippen molar-refractivity contribution in [3.8, 4) is 0 Å². The van der Waals surface area contributed by atoms with Crippen molar-refractivity contribution in [2.24, 2.45) is 0 Å². The molecule has 2 heteroatoms. The molecule has 118 valence electrons. The molecule has 3 rings (SSSR count). The number of likely N-dealkylation sites (tertiary alicyclic amines) is 1. The van der Waals surface area contributed by atoms with Crippen molar-refractivity contribution in [1.29, 1.82) is 0 Å². The molecule has 1 saturated heterocycles. The number of carbonyl (C=O) groups is 1. The number of ketones is 1. The van der Waals surface area contributed by atoms with Crippen molar-refractivity contribution in [2.75, 3.05) is 13.1 Å². The lowest BCUT2D eigenvalue weighted by atomic mass is 9.87. The van der Waals surface area contributed by atoms with Crippen molar-refractivity contribution in [3.05, 3.63) is 84.1 Å². The fourth-order valence-corrected chi connectivity index (χ4v) is 3.15. The summed E-state index contributed by atoms with van der Waals surface area (Å²) in [7, 11) is 0. The van der Waals surface area contributed by atoms with Crippen LogP contribution in [0.3, 0.4) is 0 Å². The Morgan fingerprint density at radius 2 is 1.35 bits per heavy atom. The lowest BCUT2D eigenvalue weighted by Gasteiger charge is -2.25. The van der Waals surface area contributed by atoms with Gasteiger partial charge in [0.2, 0.25) is 0 Å². The van der Waals surface area contributed by atoms with E-state index in [0.29, 0.717) is 0 Å². The monoisotopic (exact) mass is 305 g/mol. The fraction of sp³-hybridized carbons (Fsp3) is 0.286. The van der Waals surface area contributed by atoms with Gasteiger partial charge in [-0.1, -0.05) is 60.7 Å². The van der Waals surface area contributed by atoms with Crippen LogP contribution in [0.2, 0.25) is 0 Å². The number of rotatable bonds is 5. The molecule has 2 aromatic rings. The number of benzene rings is 2. The van der Waals surface area contributed by atoms with Crippen LogP contribution in [-0.4, -0.2) is 23.8 Å². The van der Waals surface area contributed by atoms with Gasteiger partial charge in [-0.2, -0.15) is 0 Å². The average molecular weight is 305 g/mol. The van der Waals surface area contributed by atoms with Crippen molar-refractivity contribution < 1.29 is 4.79 Å². The highest BCUT2D eigenvalue weighted by molar-refractivity contribution is 5.97. The Bertz CT molecular complexity index is 603. The summed E-state index contributed by atoms with van der Waals surface area (Å²) in [6, 6.07) is 20.1. The minimum Gasteiger partial charge on any atom is -0.377 e. The van der Waals surface area contributed by atoms with E-state index in [0.717, 1.165) is 24.2 Å². The van der Waals surface area contributed by atoms with Crippen LogP contribution in [0.1, 0.15) is 36.3 Å². The highest BCUT2D eigenvalue weighted by atomic mass is 16.1. The maximum Gasteiger partial charge on any atom is 0.168 e. The van der Waals surface area contributed by atoms with Gasteiger partial charge in [-0.25, -0.2) is 0 Å². The minimum atomic E-state index is -0.224. The summed E-state index contributed by atoms with van der Waals surface area (Å²) in [5.41, 5.74) is 2.10. The molecule has 1 aliphatic heterocycles. The van der Waals surface area contributed by atoms with Gasteiger partial charge in [0.05, 0.1) is 5.92 Å². The molecule has 0 N–H and O–H groups in total. The molecule has 0 saturated carbocycles. The molecule has 23 heavy (non-hydrogen) atoms. The van der Waals surface area contributed by atoms with Crippen LogP contribution in [0.4, 0.5) is 0 Å². The molecular weight excluding hydrogens is 282 g/mol. The highest BCUT2D eigenvalue weighted by Gasteiger charge is 2.20. The van der Waals surface area contributed by atoms with Gasteiger partial charge in [-0.3, -0.25) is 4.79 Å². The molecular formula is C21H23NO. The molecule has 1 aliphatic rings. The van der Waals surface area contributed by atoms with Gasteiger partial charge in [0.25, 0.3) is 0 Å². The van der Waals surface area contributed by atoms with E-state index in [9.17, 15) is 4.79 Å². The Morgan fingerprint density at radius 1 is 0.826 bits per heavy atom. The van der Waals surface area contributed by atoms with Crippen LogP contribution < -0.4 is 0 Å². The minimum absolute atomic E-state index is 0.146. The molecule has 0 atom stereocenters. The van der Waals surface area contributed by atoms with Gasteiger partial charge in [0.15, 0.2) is 5.78 Å². The standard InChI is InChI=1S/C21H23NO/c23-20(14-17-22-15-8-3-9-16-22)21(18-10-4-1-5-11-18)19-12-6-2-7-13-19/h1-2,4-7,10-14,17,21H,3,8-9,15-16H2. The topological polar surface area (TPSA) is 20.3 Å². The maximum atomic E-state index is 12.9. The van der Waals surface area contributed by atoms with Crippen LogP contribution in [0.15, 0.2) is 72.9 Å². The first-order valence-corrected chi connectivity index (χ1v) is 8.40. The Balaban J connectivity index is 1.83. The Labute approximate surface area is 138 Å². The van der Waals surface area contributed by atoms with Crippen molar-refractivity contribution in [2.45, 2.75) is 25.2 Å². The first-order chi connectivity index (χ1) is 11.3. The molecule has 0 aromatic heterocycles. The van der Waals surface area contributed by atoms with Crippen molar-refractivity contribution in [1.82, 2.24) is 4.90 Å². The number of carbonyl (C=O) groups excluding carboxylic acids is 1. The summed E-state index contributed by atoms with van der Waals surface area (Å²) < 4.78 is 0. The summed E-state index contributed by atoms with van der Waals surface area (Å²) in [5, 5.41) is 0. The summed E-state index contributed by atoms with van der Waals surface area (Å²) in [4.78, 5) is 15.1. The quantitative estimate of drug-likeness (QED) is 0.764. The first kappa shape index (κ1) is 15.5. The third kappa shape index (κ3) is 4.10. The van der Waals surface area contributed by atoms with Crippen LogP contribution in [0.25, 0.3) is 0 Å². The summed E-state index contributed by atoms with van der Waals surface area (Å²) in [5.74, 6) is -0.0774. The van der Waals surface area contributed by atoms with Crippen LogP contribution >= 0.6 is 0 Å². The molecule has 1 fully saturated rings. The van der Waals surface area contributed by atoms with E-state index in [1.165, 1.54) is 19.3 Å². The van der Waals surface area contributed by atoms with E-state index in [4.69, 9.17) is 0 Å². The molecule has 0 radical (unpaired) electrons. The third-order valence-electron chi connectivity index (χ3n) is 4.39. The van der Waals surface area contributed by atoms with Crippen LogP contribution in [0.5, 0.6) is 0 Å². The molecule has 0 unspecified atom stereocenters. The first-order valence-electron chi connectivity index (χ1n) is 8.40. The Hall–Kier alpha value is -2.35. The third-order valence-corrected chi connectivity index (χ3v) is 4.39. The number of allylic oxidation sites excluding steroid dienone is 1. The predicted octanol–water partition coefficient (Wildman–Crippen LogP) is 4.39. The zero-order chi connectivity index (χ0) is 15.9. The molecule has 0 aliphatic carbocycles. The highest BCUT2D eigenvalue weighted by Crippen LogP contribution is 2.26. The van der Waals surface area contributed by atoms with E-state index < -0.39 is 0 Å². The molecule has 0 spiro atoms. The molecule has 0 bridgehead atoms. The van der Waals surface area contributed by atoms with Gasteiger partial charge in [-0.05, 0) is 36.5 Å². The lowest BCUT2D eigenvalue weighted by molar-refractivity contribution is -0.115. The number of piperidine rings is 1. The fourth-order valence-electron chi connectivity index (χ4n) is 3.15. The second-order valence-electron chi connectivity index (χ2n) is 6.07. The van der Waals surface area contributed by atoms with Gasteiger partial charge >= 0.3 is 0 Å². The van der Waals surface area contributed by atoms with E-state index in [1.807, 2.05) is 66.9 Å². The van der Waals surface area contributed by atoms with Crippen molar-refractivity contribution in [3.63, 3.8) is 0 Å². The molecule has 2 nitrogen and oxygen atoms in total. The smallest absolute Gasteiger partial charge is 0.168 e. The molecule has 2 aromatic carbocycles. The largest absolute Gasteiger partial charge is 0.377 e. The second kappa shape index (κ2) is 7.77. The Kier molecular flexibility index (Phi) is 5.25. The summed E-state index contributed by atoms with van der Waals surface area (Å²) >= 11 is 0. The van der Waals surface area contributed by atoms with E-state index in [2.05, 4.69) is 4.90 Å². The Morgan fingerprint density at radius 3 is 1.87 bits per heavy atom. The van der Waals surface area contributed by atoms with Crippen molar-refractivity contribution >= 4 is 5.78 Å². The number of hydrogen-bond donors (Lipinski definition) is 0. The number of nitrogens with zero attached hydrogens (tertiary/aromatic N) is 1. The zero-order valence-corrected chi connectivity index (χ0v) is 13.4. The molecule has 1 heterocycles. The summed E-state index contributed by atoms with van der Waals surface area (Å²) in [6.45, 7) is 2.12. The maximum absolute atomic E-state index is 12.9. The molecule has 0 amide bonds. The lowest BCUT2D eigenvalue weighted by Crippen LogP contribution is -2.24. The van der Waals surface area contributed by atoms with Gasteiger partial charge < -0.3 is 4.90 Å². The van der Waals surface area contributed by atoms with Crippen LogP contribution in [-0.2, 0) is 4.79 Å². The normalized spacial score (nSPS) is 15.3. The van der Waals surface area contributed by atoms with Crippen LogP contribution in [0, 0.1) is 0 Å². The van der Waals surface area contributed by atoms with E-state index in [-0.39, 0.29) is 11.7 Å². The SMILES string of the molecule is O=C(C=CN1CCCCC1)C(c1ccccc1)c1ccccc1. The van der Waals surface area contributed by atoms with Gasteiger partial charge in [0, 0.05) is 19.3 Å². The average Bonchev–Trinajstić information content (AvgIpc) is 2.63. The van der Waals surface area contributed by atoms with Gasteiger partial charge in [0.1, 0.15) is 0 Å². The predicted molar refractivity (Wildman–Crippen MR) is 94.3 cm³/mol. The number of hydrogen-bond acceptors (Lipinski definition) is 2. The zero-order valence-electron chi connectivity index (χ0n) is 13.4.